The molecule has 1 aromatic heterocycles. The van der Waals surface area contributed by atoms with Crippen LogP contribution in [0.3, 0.4) is 0 Å². The highest BCUT2D eigenvalue weighted by atomic mass is 35.5. The summed E-state index contributed by atoms with van der Waals surface area (Å²) >= 11 is 5.97. The van der Waals surface area contributed by atoms with E-state index >= 15 is 0 Å². The number of halogens is 1. The molecule has 3 aromatic rings. The van der Waals surface area contributed by atoms with Crippen molar-refractivity contribution in [2.24, 2.45) is 11.8 Å². The largest absolute Gasteiger partial charge is 0.466 e. The van der Waals surface area contributed by atoms with Gasteiger partial charge in [0.1, 0.15) is 6.04 Å². The lowest BCUT2D eigenvalue weighted by Crippen LogP contribution is -2.41. The molecular formula is C26H29ClN4O4. The van der Waals surface area contributed by atoms with Crippen LogP contribution in [-0.2, 0) is 9.53 Å². The first-order chi connectivity index (χ1) is 17.0. The molecule has 4 rings (SSSR count). The Bertz CT molecular complexity index is 1110. The molecule has 0 bridgehead atoms. The van der Waals surface area contributed by atoms with Crippen molar-refractivity contribution in [2.75, 3.05) is 13.2 Å². The fraction of sp³-hybridized carbons (Fsp3) is 0.385. The van der Waals surface area contributed by atoms with Crippen LogP contribution in [0.15, 0.2) is 59.0 Å². The van der Waals surface area contributed by atoms with Crippen LogP contribution in [0.5, 0.6) is 0 Å². The quantitative estimate of drug-likeness (QED) is 0.418. The summed E-state index contributed by atoms with van der Waals surface area (Å²) in [5, 5.41) is 14.9. The number of carbonyl (C=O) groups excluding carboxylic acids is 2. The Kier molecular flexibility index (Phi) is 8.36. The number of carbonyl (C=O) groups is 2. The minimum Gasteiger partial charge on any atom is -0.466 e. The number of rotatable bonds is 8. The summed E-state index contributed by atoms with van der Waals surface area (Å²) in [4.78, 5) is 24.8. The van der Waals surface area contributed by atoms with Crippen LogP contribution in [0.25, 0.3) is 11.5 Å². The highest BCUT2D eigenvalue weighted by molar-refractivity contribution is 6.30. The number of ether oxygens (including phenoxy) is 1. The van der Waals surface area contributed by atoms with E-state index in [0.29, 0.717) is 30.0 Å². The van der Waals surface area contributed by atoms with E-state index < -0.39 is 6.04 Å². The Morgan fingerprint density at radius 2 is 1.77 bits per heavy atom. The van der Waals surface area contributed by atoms with E-state index in [2.05, 4.69) is 20.8 Å². The number of nitrogens with one attached hydrogen (secondary N) is 2. The van der Waals surface area contributed by atoms with Gasteiger partial charge in [0, 0.05) is 17.1 Å². The number of hydrogen-bond donors (Lipinski definition) is 2. The second-order valence-electron chi connectivity index (χ2n) is 8.62. The molecule has 0 aliphatic heterocycles. The first kappa shape index (κ1) is 24.7. The monoisotopic (exact) mass is 496 g/mol. The van der Waals surface area contributed by atoms with Crippen LogP contribution in [-0.4, -0.2) is 35.3 Å². The maximum Gasteiger partial charge on any atom is 0.315 e. The molecule has 2 amide bonds. The van der Waals surface area contributed by atoms with Crippen LogP contribution in [0.4, 0.5) is 4.79 Å². The van der Waals surface area contributed by atoms with E-state index in [1.807, 2.05) is 37.3 Å². The summed E-state index contributed by atoms with van der Waals surface area (Å²) in [6, 6.07) is 15.6. The smallest absolute Gasteiger partial charge is 0.315 e. The average Bonchev–Trinajstić information content (AvgIpc) is 3.37. The van der Waals surface area contributed by atoms with Crippen molar-refractivity contribution in [3.05, 3.63) is 71.1 Å². The van der Waals surface area contributed by atoms with E-state index in [-0.39, 0.29) is 23.8 Å². The van der Waals surface area contributed by atoms with Gasteiger partial charge in [-0.05, 0) is 68.4 Å². The fourth-order valence-corrected chi connectivity index (χ4v) is 4.40. The van der Waals surface area contributed by atoms with E-state index in [0.717, 1.165) is 36.8 Å². The molecule has 2 aromatic carbocycles. The van der Waals surface area contributed by atoms with Crippen molar-refractivity contribution in [1.29, 1.82) is 0 Å². The van der Waals surface area contributed by atoms with Crippen molar-refractivity contribution < 1.29 is 18.7 Å². The van der Waals surface area contributed by atoms with Crippen LogP contribution in [0, 0.1) is 11.8 Å². The van der Waals surface area contributed by atoms with Crippen LogP contribution < -0.4 is 10.6 Å². The molecule has 2 N–H and O–H groups in total. The molecule has 0 saturated heterocycles. The lowest BCUT2D eigenvalue weighted by Gasteiger charge is -2.27. The predicted molar refractivity (Wildman–Crippen MR) is 132 cm³/mol. The van der Waals surface area contributed by atoms with Crippen molar-refractivity contribution in [1.82, 2.24) is 20.8 Å². The predicted octanol–water partition coefficient (Wildman–Crippen LogP) is 5.15. The van der Waals surface area contributed by atoms with E-state index in [4.69, 9.17) is 20.8 Å². The third kappa shape index (κ3) is 6.60. The molecule has 9 heteroatoms. The highest BCUT2D eigenvalue weighted by Crippen LogP contribution is 2.29. The molecule has 1 aliphatic rings. The van der Waals surface area contributed by atoms with E-state index in [1.165, 1.54) is 0 Å². The molecule has 0 spiro atoms. The maximum atomic E-state index is 12.8. The normalized spacial score (nSPS) is 18.5. The summed E-state index contributed by atoms with van der Waals surface area (Å²) in [5.74, 6) is 0.806. The lowest BCUT2D eigenvalue weighted by atomic mass is 9.82. The van der Waals surface area contributed by atoms with Crippen molar-refractivity contribution in [3.8, 4) is 11.5 Å². The molecule has 184 valence electrons. The number of aromatic nitrogens is 2. The third-order valence-corrected chi connectivity index (χ3v) is 6.46. The molecule has 1 aliphatic carbocycles. The van der Waals surface area contributed by atoms with Crippen molar-refractivity contribution in [2.45, 2.75) is 38.6 Å². The Hall–Kier alpha value is -3.39. The topological polar surface area (TPSA) is 106 Å². The van der Waals surface area contributed by atoms with Gasteiger partial charge in [-0.1, -0.05) is 41.9 Å². The molecule has 1 saturated carbocycles. The van der Waals surface area contributed by atoms with Gasteiger partial charge in [0.15, 0.2) is 0 Å². The maximum absolute atomic E-state index is 12.8. The Morgan fingerprint density at radius 1 is 1.06 bits per heavy atom. The molecule has 1 heterocycles. The number of urea groups is 1. The van der Waals surface area contributed by atoms with Gasteiger partial charge in [-0.2, -0.15) is 0 Å². The molecular weight excluding hydrogens is 468 g/mol. The van der Waals surface area contributed by atoms with Gasteiger partial charge in [-0.25, -0.2) is 4.79 Å². The second-order valence-corrected chi connectivity index (χ2v) is 9.06. The Morgan fingerprint density at radius 3 is 2.46 bits per heavy atom. The van der Waals surface area contributed by atoms with E-state index in [9.17, 15) is 9.59 Å². The van der Waals surface area contributed by atoms with Crippen LogP contribution in [0.2, 0.25) is 5.02 Å². The van der Waals surface area contributed by atoms with Gasteiger partial charge in [0.05, 0.1) is 12.5 Å². The van der Waals surface area contributed by atoms with Crippen LogP contribution in [0.1, 0.15) is 50.1 Å². The van der Waals surface area contributed by atoms with Gasteiger partial charge < -0.3 is 19.8 Å². The molecule has 0 radical (unpaired) electrons. The van der Waals surface area contributed by atoms with Gasteiger partial charge in [-0.3, -0.25) is 4.79 Å². The number of benzene rings is 2. The fourth-order valence-electron chi connectivity index (χ4n) is 4.28. The van der Waals surface area contributed by atoms with Gasteiger partial charge in [0.25, 0.3) is 0 Å². The minimum absolute atomic E-state index is 0.0325. The van der Waals surface area contributed by atoms with Crippen molar-refractivity contribution in [3.63, 3.8) is 0 Å². The standard InChI is InChI=1S/C26H29ClN4O4/c1-2-34-25(32)20-10-8-17(9-11-20)16-28-26(33)29-22(18-6-4-3-5-7-18)24-31-30-23(35-24)19-12-14-21(27)15-13-19/h3-7,12-15,17,20,22H,2,8-11,16H2,1H3,(H2,28,29,33). The summed E-state index contributed by atoms with van der Waals surface area (Å²) in [6.07, 6.45) is 3.32. The molecule has 35 heavy (non-hydrogen) atoms. The number of nitrogens with zero attached hydrogens (tertiary/aromatic N) is 2. The number of hydrogen-bond acceptors (Lipinski definition) is 6. The lowest BCUT2D eigenvalue weighted by molar-refractivity contribution is -0.149. The Labute approximate surface area is 209 Å². The SMILES string of the molecule is CCOC(=O)C1CCC(CNC(=O)NC(c2ccccc2)c2nnc(-c3ccc(Cl)cc3)o2)CC1. The average molecular weight is 497 g/mol. The van der Waals surface area contributed by atoms with Crippen molar-refractivity contribution >= 4 is 23.6 Å². The van der Waals surface area contributed by atoms with Gasteiger partial charge >= 0.3 is 12.0 Å². The summed E-state index contributed by atoms with van der Waals surface area (Å²) in [5.41, 5.74) is 1.56. The first-order valence-electron chi connectivity index (χ1n) is 11.9. The van der Waals surface area contributed by atoms with E-state index in [1.54, 1.807) is 24.3 Å². The first-order valence-corrected chi connectivity index (χ1v) is 12.3. The molecule has 1 atom stereocenters. The number of amides is 2. The molecule has 8 nitrogen and oxygen atoms in total. The van der Waals surface area contributed by atoms with Gasteiger partial charge in [0.2, 0.25) is 11.8 Å². The summed E-state index contributed by atoms with van der Waals surface area (Å²) in [7, 11) is 0. The summed E-state index contributed by atoms with van der Waals surface area (Å²) in [6.45, 7) is 2.76. The van der Waals surface area contributed by atoms with Gasteiger partial charge in [-0.15, -0.1) is 10.2 Å². The second kappa shape index (κ2) is 11.8. The highest BCUT2D eigenvalue weighted by Gasteiger charge is 2.28. The zero-order chi connectivity index (χ0) is 24.6. The molecule has 1 fully saturated rings. The summed E-state index contributed by atoms with van der Waals surface area (Å²) < 4.78 is 11.1. The minimum atomic E-state index is -0.607. The zero-order valence-electron chi connectivity index (χ0n) is 19.6. The third-order valence-electron chi connectivity index (χ3n) is 6.21. The number of esters is 1. The molecule has 1 unspecified atom stereocenters. The Balaban J connectivity index is 1.38. The zero-order valence-corrected chi connectivity index (χ0v) is 20.3. The van der Waals surface area contributed by atoms with Crippen LogP contribution >= 0.6 is 11.6 Å².